The molecule has 0 saturated carbocycles. The molecule has 5 nitrogen and oxygen atoms in total. The molecule has 0 spiro atoms. The molecule has 0 radical (unpaired) electrons. The Morgan fingerprint density at radius 1 is 1.13 bits per heavy atom. The second-order valence-electron chi connectivity index (χ2n) is 7.30. The van der Waals surface area contributed by atoms with Crippen LogP contribution in [0.5, 0.6) is 5.75 Å². The lowest BCUT2D eigenvalue weighted by atomic mass is 10.1. The number of ether oxygens (including phenoxy) is 3. The van der Waals surface area contributed by atoms with Crippen molar-refractivity contribution in [2.24, 2.45) is 0 Å². The summed E-state index contributed by atoms with van der Waals surface area (Å²) in [5.41, 5.74) is 1.13. The lowest BCUT2D eigenvalue weighted by Crippen LogP contribution is -2.35. The van der Waals surface area contributed by atoms with Crippen LogP contribution in [0, 0.1) is 0 Å². The fraction of sp³-hybridized carbons (Fsp3) is 0.348. The van der Waals surface area contributed by atoms with Crippen molar-refractivity contribution in [3.63, 3.8) is 0 Å². The molecule has 1 aromatic heterocycles. The molecule has 3 atom stereocenters. The average Bonchev–Trinajstić information content (AvgIpc) is 3.27. The van der Waals surface area contributed by atoms with E-state index in [1.807, 2.05) is 29.0 Å². The van der Waals surface area contributed by atoms with Crippen LogP contribution in [0.15, 0.2) is 67.3 Å². The summed E-state index contributed by atoms with van der Waals surface area (Å²) < 4.78 is 20.4. The first-order valence-electron chi connectivity index (χ1n) is 10.1. The Labute approximate surface area is 186 Å². The van der Waals surface area contributed by atoms with Crippen molar-refractivity contribution in [1.82, 2.24) is 9.55 Å². The minimum atomic E-state index is -0.352. The van der Waals surface area contributed by atoms with Gasteiger partial charge in [0.15, 0.2) is 6.29 Å². The van der Waals surface area contributed by atoms with Crippen molar-refractivity contribution >= 4 is 23.2 Å². The van der Waals surface area contributed by atoms with Crippen LogP contribution in [-0.2, 0) is 16.0 Å². The van der Waals surface area contributed by atoms with Gasteiger partial charge in [0.05, 0.1) is 30.6 Å². The second-order valence-corrected chi connectivity index (χ2v) is 8.15. The van der Waals surface area contributed by atoms with E-state index in [0.29, 0.717) is 28.9 Å². The van der Waals surface area contributed by atoms with Crippen LogP contribution in [0.25, 0.3) is 0 Å². The summed E-state index contributed by atoms with van der Waals surface area (Å²) in [5, 5.41) is 1.06. The van der Waals surface area contributed by atoms with E-state index in [1.54, 1.807) is 30.7 Å². The summed E-state index contributed by atoms with van der Waals surface area (Å²) in [7, 11) is 0. The first kappa shape index (κ1) is 21.2. The van der Waals surface area contributed by atoms with Gasteiger partial charge in [-0.2, -0.15) is 0 Å². The highest BCUT2D eigenvalue weighted by Crippen LogP contribution is 2.31. The molecule has 0 aliphatic carbocycles. The van der Waals surface area contributed by atoms with Gasteiger partial charge in [-0.15, -0.1) is 0 Å². The van der Waals surface area contributed by atoms with Crippen LogP contribution in [0.1, 0.15) is 30.9 Å². The predicted octanol–water partition coefficient (Wildman–Crippen LogP) is 5.92. The molecule has 0 N–H and O–H groups in total. The third-order valence-electron chi connectivity index (χ3n) is 5.05. The summed E-state index contributed by atoms with van der Waals surface area (Å²) in [6.07, 6.45) is 7.78. The Morgan fingerprint density at radius 2 is 2.00 bits per heavy atom. The zero-order valence-corrected chi connectivity index (χ0v) is 18.0. The third-order valence-corrected chi connectivity index (χ3v) is 5.58. The maximum absolute atomic E-state index is 6.31. The van der Waals surface area contributed by atoms with Crippen molar-refractivity contribution in [3.8, 4) is 5.75 Å². The van der Waals surface area contributed by atoms with E-state index >= 15 is 0 Å². The van der Waals surface area contributed by atoms with Crippen LogP contribution in [0.4, 0.5) is 0 Å². The zero-order valence-electron chi connectivity index (χ0n) is 16.5. The number of nitrogens with zero attached hydrogens (tertiary/aromatic N) is 2. The van der Waals surface area contributed by atoms with Crippen LogP contribution in [0.3, 0.4) is 0 Å². The van der Waals surface area contributed by atoms with Gasteiger partial charge in [-0.05, 0) is 36.6 Å². The molecule has 1 unspecified atom stereocenters. The number of aromatic nitrogens is 2. The molecule has 0 amide bonds. The molecule has 3 aromatic rings. The van der Waals surface area contributed by atoms with Crippen LogP contribution in [-0.4, -0.2) is 28.6 Å². The Balaban J connectivity index is 1.36. The lowest BCUT2D eigenvalue weighted by molar-refractivity contribution is -0.170. The SMILES string of the molecule is Clc1ccc(O[C@H]2CCC[C@H](COC(Cn3ccnc3)c3ccccc3)O2)c(Cl)c1. The first-order chi connectivity index (χ1) is 14.7. The van der Waals surface area contributed by atoms with Crippen molar-refractivity contribution in [3.05, 3.63) is 82.9 Å². The molecule has 1 aliphatic rings. The standard InChI is InChI=1S/C23H24Cl2N2O3/c24-18-9-10-21(20(25)13-18)30-23-8-4-7-19(29-23)15-28-22(14-27-12-11-26-16-27)17-5-2-1-3-6-17/h1-3,5-6,9-13,16,19,22-23H,4,7-8,14-15H2/t19-,22?,23+/m1/s1. The van der Waals surface area contributed by atoms with Gasteiger partial charge in [0, 0.05) is 23.8 Å². The van der Waals surface area contributed by atoms with E-state index < -0.39 is 0 Å². The van der Waals surface area contributed by atoms with Gasteiger partial charge in [-0.3, -0.25) is 0 Å². The van der Waals surface area contributed by atoms with Gasteiger partial charge in [-0.1, -0.05) is 53.5 Å². The van der Waals surface area contributed by atoms with E-state index in [-0.39, 0.29) is 18.5 Å². The van der Waals surface area contributed by atoms with Gasteiger partial charge in [0.25, 0.3) is 0 Å². The zero-order chi connectivity index (χ0) is 20.8. The highest BCUT2D eigenvalue weighted by Gasteiger charge is 2.26. The highest BCUT2D eigenvalue weighted by atomic mass is 35.5. The predicted molar refractivity (Wildman–Crippen MR) is 117 cm³/mol. The molecule has 4 rings (SSSR count). The summed E-state index contributed by atoms with van der Waals surface area (Å²) in [6, 6.07) is 15.4. The summed E-state index contributed by atoms with van der Waals surface area (Å²) in [4.78, 5) is 4.13. The van der Waals surface area contributed by atoms with Gasteiger partial charge in [-0.25, -0.2) is 4.98 Å². The van der Waals surface area contributed by atoms with Crippen LogP contribution >= 0.6 is 23.2 Å². The number of hydrogen-bond acceptors (Lipinski definition) is 4. The molecule has 7 heteroatoms. The van der Waals surface area contributed by atoms with Gasteiger partial charge < -0.3 is 18.8 Å². The minimum absolute atomic E-state index is 0.0381. The van der Waals surface area contributed by atoms with Gasteiger partial charge >= 0.3 is 0 Å². The Morgan fingerprint density at radius 3 is 2.77 bits per heavy atom. The average molecular weight is 447 g/mol. The molecule has 1 aliphatic heterocycles. The first-order valence-corrected chi connectivity index (χ1v) is 10.8. The molecule has 0 bridgehead atoms. The maximum atomic E-state index is 6.31. The van der Waals surface area contributed by atoms with Gasteiger partial charge in [0.2, 0.25) is 0 Å². The largest absolute Gasteiger partial charge is 0.463 e. The van der Waals surface area contributed by atoms with Crippen LogP contribution < -0.4 is 4.74 Å². The van der Waals surface area contributed by atoms with Crippen molar-refractivity contribution in [2.45, 2.75) is 44.3 Å². The normalized spacial score (nSPS) is 20.1. The molecule has 30 heavy (non-hydrogen) atoms. The van der Waals surface area contributed by atoms with Crippen molar-refractivity contribution in [1.29, 1.82) is 0 Å². The van der Waals surface area contributed by atoms with E-state index in [4.69, 9.17) is 37.4 Å². The van der Waals surface area contributed by atoms with E-state index in [0.717, 1.165) is 24.8 Å². The second kappa shape index (κ2) is 10.3. The van der Waals surface area contributed by atoms with Crippen LogP contribution in [0.2, 0.25) is 10.0 Å². The Kier molecular flexibility index (Phi) is 7.28. The molecule has 2 aromatic carbocycles. The highest BCUT2D eigenvalue weighted by molar-refractivity contribution is 6.35. The molecule has 1 saturated heterocycles. The third kappa shape index (κ3) is 5.76. The van der Waals surface area contributed by atoms with E-state index in [2.05, 4.69) is 17.1 Å². The molecule has 158 valence electrons. The number of hydrogen-bond donors (Lipinski definition) is 0. The smallest absolute Gasteiger partial charge is 0.200 e. The number of halogens is 2. The lowest BCUT2D eigenvalue weighted by Gasteiger charge is -2.31. The van der Waals surface area contributed by atoms with Gasteiger partial charge in [0.1, 0.15) is 11.9 Å². The Bertz CT molecular complexity index is 921. The topological polar surface area (TPSA) is 45.5 Å². The van der Waals surface area contributed by atoms with Crippen molar-refractivity contribution < 1.29 is 14.2 Å². The van der Waals surface area contributed by atoms with E-state index in [9.17, 15) is 0 Å². The summed E-state index contributed by atoms with van der Waals surface area (Å²) >= 11 is 12.2. The maximum Gasteiger partial charge on any atom is 0.200 e. The molecular weight excluding hydrogens is 423 g/mol. The number of imidazole rings is 1. The number of rotatable bonds is 8. The quantitative estimate of drug-likeness (QED) is 0.430. The number of benzene rings is 2. The molecule has 2 heterocycles. The minimum Gasteiger partial charge on any atom is -0.463 e. The Hall–Kier alpha value is -2.05. The fourth-order valence-corrected chi connectivity index (χ4v) is 3.97. The molecule has 1 fully saturated rings. The summed E-state index contributed by atoms with van der Waals surface area (Å²) in [6.45, 7) is 1.18. The van der Waals surface area contributed by atoms with Crippen molar-refractivity contribution in [2.75, 3.05) is 6.61 Å². The summed E-state index contributed by atoms with van der Waals surface area (Å²) in [5.74, 6) is 0.579. The molecular formula is C23H24Cl2N2O3. The fourth-order valence-electron chi connectivity index (χ4n) is 3.52. The van der Waals surface area contributed by atoms with E-state index in [1.165, 1.54) is 0 Å². The monoisotopic (exact) mass is 446 g/mol.